The molecule has 0 amide bonds. The molecule has 0 saturated carbocycles. The van der Waals surface area contributed by atoms with E-state index in [0.29, 0.717) is 26.4 Å². The van der Waals surface area contributed by atoms with Gasteiger partial charge in [0.1, 0.15) is 43.3 Å². The quantitative estimate of drug-likeness (QED) is 0.197. The summed E-state index contributed by atoms with van der Waals surface area (Å²) in [6.45, 7) is 8.13. The molecule has 0 aliphatic rings. The van der Waals surface area contributed by atoms with E-state index in [1.54, 1.807) is 6.21 Å². The van der Waals surface area contributed by atoms with Crippen LogP contribution in [0.2, 0.25) is 0 Å². The average Bonchev–Trinajstić information content (AvgIpc) is 2.74. The lowest BCUT2D eigenvalue weighted by Gasteiger charge is -2.14. The molecule has 0 fully saturated rings. The number of hydrogen-bond acceptors (Lipinski definition) is 6. The molecular formula is C24H31NO5. The summed E-state index contributed by atoms with van der Waals surface area (Å²) in [6.07, 6.45) is 6.29. The van der Waals surface area contributed by atoms with E-state index in [9.17, 15) is 0 Å². The van der Waals surface area contributed by atoms with Crippen molar-refractivity contribution in [3.8, 4) is 23.0 Å². The van der Waals surface area contributed by atoms with Crippen molar-refractivity contribution in [2.45, 2.75) is 27.2 Å². The molecule has 0 spiro atoms. The Hall–Kier alpha value is -3.15. The fourth-order valence-electron chi connectivity index (χ4n) is 2.76. The standard InChI is InChI=1S/C24H31NO5/c1-5-6-13-28-23-17-19(2)24(20(3)18-23)30-15-7-14-27-21-8-10-22(11-9-21)29-16-12-25-26-4/h5-6,8-12,17-18H,7,13-16H2,1-4H3/b6-5+,25-12+. The van der Waals surface area contributed by atoms with Gasteiger partial charge in [-0.25, -0.2) is 0 Å². The first-order valence-corrected chi connectivity index (χ1v) is 10.0. The Bertz CT molecular complexity index is 792. The van der Waals surface area contributed by atoms with Crippen LogP contribution in [0.4, 0.5) is 0 Å². The third-order valence-corrected chi connectivity index (χ3v) is 4.15. The summed E-state index contributed by atoms with van der Waals surface area (Å²) in [5.74, 6) is 3.31. The minimum atomic E-state index is 0.354. The average molecular weight is 414 g/mol. The Kier molecular flexibility index (Phi) is 10.1. The lowest BCUT2D eigenvalue weighted by Crippen LogP contribution is -2.07. The van der Waals surface area contributed by atoms with E-state index in [1.165, 1.54) is 7.11 Å². The second-order valence-electron chi connectivity index (χ2n) is 6.57. The predicted octanol–water partition coefficient (Wildman–Crippen LogP) is 5.12. The Morgan fingerprint density at radius 1 is 0.800 bits per heavy atom. The number of rotatable bonds is 13. The molecule has 0 aliphatic heterocycles. The zero-order valence-electron chi connectivity index (χ0n) is 18.2. The first-order valence-electron chi connectivity index (χ1n) is 10.0. The van der Waals surface area contributed by atoms with Crippen molar-refractivity contribution in [3.63, 3.8) is 0 Å². The number of nitrogens with zero attached hydrogens (tertiary/aromatic N) is 1. The summed E-state index contributed by atoms with van der Waals surface area (Å²) in [7, 11) is 1.49. The van der Waals surface area contributed by atoms with Gasteiger partial charge in [-0.3, -0.25) is 0 Å². The van der Waals surface area contributed by atoms with E-state index in [-0.39, 0.29) is 0 Å². The summed E-state index contributed by atoms with van der Waals surface area (Å²) in [6, 6.07) is 11.5. The zero-order valence-corrected chi connectivity index (χ0v) is 18.2. The molecule has 2 rings (SSSR count). The van der Waals surface area contributed by atoms with Crippen LogP contribution >= 0.6 is 0 Å². The van der Waals surface area contributed by atoms with Crippen LogP contribution < -0.4 is 18.9 Å². The maximum absolute atomic E-state index is 5.98. The minimum Gasteiger partial charge on any atom is -0.493 e. The Balaban J connectivity index is 1.71. The topological polar surface area (TPSA) is 58.5 Å². The van der Waals surface area contributed by atoms with E-state index >= 15 is 0 Å². The maximum Gasteiger partial charge on any atom is 0.127 e. The van der Waals surface area contributed by atoms with Crippen LogP contribution in [0.25, 0.3) is 0 Å². The van der Waals surface area contributed by atoms with E-state index in [1.807, 2.05) is 69.3 Å². The smallest absolute Gasteiger partial charge is 0.127 e. The normalized spacial score (nSPS) is 11.1. The molecule has 0 aromatic heterocycles. The monoisotopic (exact) mass is 413 g/mol. The molecule has 2 aromatic carbocycles. The molecule has 162 valence electrons. The fourth-order valence-corrected chi connectivity index (χ4v) is 2.76. The highest BCUT2D eigenvalue weighted by molar-refractivity contribution is 5.58. The van der Waals surface area contributed by atoms with Crippen LogP contribution in [0.5, 0.6) is 23.0 Å². The molecule has 0 N–H and O–H groups in total. The molecule has 0 atom stereocenters. The second kappa shape index (κ2) is 13.1. The number of oxime groups is 1. The van der Waals surface area contributed by atoms with Gasteiger partial charge in [-0.05, 0) is 68.3 Å². The van der Waals surface area contributed by atoms with Gasteiger partial charge in [0.25, 0.3) is 0 Å². The largest absolute Gasteiger partial charge is 0.493 e. The van der Waals surface area contributed by atoms with Crippen LogP contribution in [0.3, 0.4) is 0 Å². The fraction of sp³-hybridized carbons (Fsp3) is 0.375. The molecule has 30 heavy (non-hydrogen) atoms. The lowest BCUT2D eigenvalue weighted by molar-refractivity contribution is 0.212. The van der Waals surface area contributed by atoms with E-state index < -0.39 is 0 Å². The first kappa shape index (κ1) is 23.1. The van der Waals surface area contributed by atoms with Gasteiger partial charge in [0.05, 0.1) is 19.4 Å². The number of aryl methyl sites for hydroxylation is 2. The molecular weight excluding hydrogens is 382 g/mol. The summed E-state index contributed by atoms with van der Waals surface area (Å²) >= 11 is 0. The molecule has 6 heteroatoms. The second-order valence-corrected chi connectivity index (χ2v) is 6.57. The van der Waals surface area contributed by atoms with E-state index in [0.717, 1.165) is 40.5 Å². The van der Waals surface area contributed by atoms with Gasteiger partial charge in [-0.1, -0.05) is 17.3 Å². The molecule has 0 unspecified atom stereocenters. The minimum absolute atomic E-state index is 0.354. The predicted molar refractivity (Wildman–Crippen MR) is 119 cm³/mol. The van der Waals surface area contributed by atoms with Crippen molar-refractivity contribution in [2.75, 3.05) is 33.5 Å². The lowest BCUT2D eigenvalue weighted by atomic mass is 10.1. The Labute approximate surface area is 179 Å². The maximum atomic E-state index is 5.98. The van der Waals surface area contributed by atoms with Crippen LogP contribution in [0, 0.1) is 13.8 Å². The summed E-state index contributed by atoms with van der Waals surface area (Å²) < 4.78 is 23.0. The van der Waals surface area contributed by atoms with Gasteiger partial charge in [0.15, 0.2) is 0 Å². The van der Waals surface area contributed by atoms with Gasteiger partial charge >= 0.3 is 0 Å². The molecule has 0 heterocycles. The number of ether oxygens (including phenoxy) is 4. The molecule has 6 nitrogen and oxygen atoms in total. The number of hydrogen-bond donors (Lipinski definition) is 0. The van der Waals surface area contributed by atoms with E-state index in [2.05, 4.69) is 9.99 Å². The van der Waals surface area contributed by atoms with Crippen molar-refractivity contribution in [2.24, 2.45) is 5.16 Å². The van der Waals surface area contributed by atoms with Gasteiger partial charge in [0, 0.05) is 6.42 Å². The van der Waals surface area contributed by atoms with Gasteiger partial charge in [-0.2, -0.15) is 0 Å². The molecule has 2 aromatic rings. The van der Waals surface area contributed by atoms with Gasteiger partial charge in [-0.15, -0.1) is 0 Å². The molecule has 0 bridgehead atoms. The Morgan fingerprint density at radius 3 is 2.03 bits per heavy atom. The van der Waals surface area contributed by atoms with Crippen molar-refractivity contribution in [3.05, 3.63) is 59.7 Å². The first-order chi connectivity index (χ1) is 14.6. The molecule has 0 radical (unpaired) electrons. The van der Waals surface area contributed by atoms with E-state index in [4.69, 9.17) is 18.9 Å². The van der Waals surface area contributed by atoms with Crippen molar-refractivity contribution < 1.29 is 23.8 Å². The number of benzene rings is 2. The molecule has 0 aliphatic carbocycles. The van der Waals surface area contributed by atoms with Gasteiger partial charge < -0.3 is 23.8 Å². The Morgan fingerprint density at radius 2 is 1.40 bits per heavy atom. The summed E-state index contributed by atoms with van der Waals surface area (Å²) in [5.41, 5.74) is 2.13. The van der Waals surface area contributed by atoms with Crippen LogP contribution in [-0.4, -0.2) is 39.8 Å². The number of allylic oxidation sites excluding steroid dienone is 1. The highest BCUT2D eigenvalue weighted by Crippen LogP contribution is 2.28. The third-order valence-electron chi connectivity index (χ3n) is 4.15. The van der Waals surface area contributed by atoms with Gasteiger partial charge in [0.2, 0.25) is 0 Å². The van der Waals surface area contributed by atoms with Crippen molar-refractivity contribution in [1.29, 1.82) is 0 Å². The van der Waals surface area contributed by atoms with Crippen LogP contribution in [0.1, 0.15) is 24.5 Å². The SMILES string of the molecule is C/C=C/COc1cc(C)c(OCCCOc2ccc(OC/C=N/OC)cc2)c(C)c1. The van der Waals surface area contributed by atoms with Crippen molar-refractivity contribution >= 4 is 6.21 Å². The van der Waals surface area contributed by atoms with Crippen LogP contribution in [0.15, 0.2) is 53.7 Å². The third kappa shape index (κ3) is 8.07. The molecule has 0 saturated heterocycles. The van der Waals surface area contributed by atoms with Crippen LogP contribution in [-0.2, 0) is 4.84 Å². The zero-order chi connectivity index (χ0) is 21.6. The summed E-state index contributed by atoms with van der Waals surface area (Å²) in [5, 5.41) is 3.62. The highest BCUT2D eigenvalue weighted by atomic mass is 16.6. The summed E-state index contributed by atoms with van der Waals surface area (Å²) in [4.78, 5) is 4.58. The highest BCUT2D eigenvalue weighted by Gasteiger charge is 2.07. The van der Waals surface area contributed by atoms with Crippen molar-refractivity contribution in [1.82, 2.24) is 0 Å².